The molecule has 0 aliphatic rings. The Labute approximate surface area is 283 Å². The molecule has 46 heavy (non-hydrogen) atoms. The summed E-state index contributed by atoms with van der Waals surface area (Å²) in [6.07, 6.45) is 33.5. The van der Waals surface area contributed by atoms with E-state index >= 15 is 0 Å². The van der Waals surface area contributed by atoms with Crippen LogP contribution in [0.3, 0.4) is 0 Å². The molecule has 3 N–H and O–H groups in total. The maximum atomic E-state index is 12.7. The summed E-state index contributed by atoms with van der Waals surface area (Å²) in [5.74, 6) is -0.197. The summed E-state index contributed by atoms with van der Waals surface area (Å²) in [7, 11) is 1.55. The lowest BCUT2D eigenvalue weighted by Crippen LogP contribution is -2.45. The van der Waals surface area contributed by atoms with Gasteiger partial charge in [0.25, 0.3) is 0 Å². The van der Waals surface area contributed by atoms with E-state index in [0.717, 1.165) is 64.2 Å². The SMILES string of the molecule is CCCCC/C=C/C/C=C/CCCCCCCC(=O)N[C@@H](COP(=O)(O)OCC[N+](C)(C)C)[C@H](O)/C=C/CCCCCCCCC. The van der Waals surface area contributed by atoms with E-state index in [1.165, 1.54) is 57.8 Å². The van der Waals surface area contributed by atoms with Gasteiger partial charge in [0, 0.05) is 6.42 Å². The molecule has 0 fully saturated rings. The summed E-state index contributed by atoms with van der Waals surface area (Å²) in [6, 6.07) is -0.849. The van der Waals surface area contributed by atoms with Crippen molar-refractivity contribution in [2.45, 2.75) is 154 Å². The van der Waals surface area contributed by atoms with Gasteiger partial charge in [-0.2, -0.15) is 0 Å². The van der Waals surface area contributed by atoms with Crippen molar-refractivity contribution in [3.63, 3.8) is 0 Å². The Morgan fingerprint density at radius 2 is 1.24 bits per heavy atom. The fourth-order valence-corrected chi connectivity index (χ4v) is 5.57. The van der Waals surface area contributed by atoms with Crippen LogP contribution in [0.1, 0.15) is 142 Å². The largest absolute Gasteiger partial charge is 0.472 e. The maximum Gasteiger partial charge on any atom is 0.472 e. The fraction of sp³-hybridized carbons (Fsp3) is 0.811. The van der Waals surface area contributed by atoms with E-state index in [0.29, 0.717) is 17.4 Å². The molecule has 0 aliphatic carbocycles. The third kappa shape index (κ3) is 31.3. The monoisotopic (exact) mass is 672 g/mol. The highest BCUT2D eigenvalue weighted by Crippen LogP contribution is 2.43. The Kier molecular flexibility index (Phi) is 29.0. The molecule has 270 valence electrons. The molecule has 0 spiro atoms. The van der Waals surface area contributed by atoms with E-state index in [1.807, 2.05) is 27.2 Å². The van der Waals surface area contributed by atoms with Gasteiger partial charge >= 0.3 is 7.82 Å². The third-order valence-electron chi connectivity index (χ3n) is 7.85. The van der Waals surface area contributed by atoms with Gasteiger partial charge in [0.05, 0.1) is 39.9 Å². The van der Waals surface area contributed by atoms with Crippen LogP contribution in [0.15, 0.2) is 36.5 Å². The number of quaternary nitrogens is 1. The van der Waals surface area contributed by atoms with Crippen molar-refractivity contribution in [1.29, 1.82) is 0 Å². The molecule has 0 aromatic carbocycles. The Bertz CT molecular complexity index is 855. The molecule has 0 heterocycles. The molecule has 0 saturated heterocycles. The second-order valence-corrected chi connectivity index (χ2v) is 15.0. The van der Waals surface area contributed by atoms with Gasteiger partial charge in [-0.1, -0.05) is 121 Å². The molecule has 0 aliphatic heterocycles. The Balaban J connectivity index is 4.55. The van der Waals surface area contributed by atoms with Crippen molar-refractivity contribution in [3.05, 3.63) is 36.5 Å². The first kappa shape index (κ1) is 44.7. The molecule has 0 rings (SSSR count). The van der Waals surface area contributed by atoms with Crippen molar-refractivity contribution in [3.8, 4) is 0 Å². The number of rotatable bonds is 32. The zero-order valence-electron chi connectivity index (χ0n) is 30.3. The van der Waals surface area contributed by atoms with Gasteiger partial charge in [0.1, 0.15) is 13.2 Å². The number of carbonyl (C=O) groups is 1. The van der Waals surface area contributed by atoms with E-state index in [2.05, 4.69) is 43.5 Å². The molecule has 1 unspecified atom stereocenters. The molecule has 0 saturated carbocycles. The number of phosphoric ester groups is 1. The van der Waals surface area contributed by atoms with Gasteiger partial charge in [-0.15, -0.1) is 0 Å². The Morgan fingerprint density at radius 3 is 1.83 bits per heavy atom. The number of likely N-dealkylation sites (N-methyl/N-ethyl adjacent to an activating group) is 1. The van der Waals surface area contributed by atoms with E-state index in [4.69, 9.17) is 9.05 Å². The first-order valence-corrected chi connectivity index (χ1v) is 19.9. The number of hydrogen-bond donors (Lipinski definition) is 3. The smallest absolute Gasteiger partial charge is 0.387 e. The van der Waals surface area contributed by atoms with Gasteiger partial charge in [0.15, 0.2) is 0 Å². The fourth-order valence-electron chi connectivity index (χ4n) is 4.83. The van der Waals surface area contributed by atoms with E-state index in [9.17, 15) is 19.4 Å². The van der Waals surface area contributed by atoms with Crippen molar-refractivity contribution in [2.75, 3.05) is 40.9 Å². The molecule has 3 atom stereocenters. The van der Waals surface area contributed by atoms with Crippen molar-refractivity contribution >= 4 is 13.7 Å². The molecular weight excluding hydrogens is 599 g/mol. The second kappa shape index (κ2) is 29.8. The Morgan fingerprint density at radius 1 is 0.739 bits per heavy atom. The molecule has 8 nitrogen and oxygen atoms in total. The number of nitrogens with zero attached hydrogens (tertiary/aromatic N) is 1. The molecule has 0 aromatic rings. The van der Waals surface area contributed by atoms with Crippen LogP contribution >= 0.6 is 7.82 Å². The number of hydrogen-bond acceptors (Lipinski definition) is 5. The van der Waals surface area contributed by atoms with Crippen LogP contribution in [0, 0.1) is 0 Å². The van der Waals surface area contributed by atoms with E-state index in [1.54, 1.807) is 6.08 Å². The number of aliphatic hydroxyl groups excluding tert-OH is 1. The number of amides is 1. The summed E-state index contributed by atoms with van der Waals surface area (Å²) in [5.41, 5.74) is 0. The third-order valence-corrected chi connectivity index (χ3v) is 8.84. The molecule has 1 amide bonds. The van der Waals surface area contributed by atoms with Gasteiger partial charge < -0.3 is 19.8 Å². The molecule has 0 radical (unpaired) electrons. The number of unbranched alkanes of at least 4 members (excludes halogenated alkanes) is 15. The zero-order chi connectivity index (χ0) is 34.4. The first-order valence-electron chi connectivity index (χ1n) is 18.4. The zero-order valence-corrected chi connectivity index (χ0v) is 31.2. The lowest BCUT2D eigenvalue weighted by Gasteiger charge is -2.25. The number of aliphatic hydroxyl groups is 1. The number of phosphoric acid groups is 1. The van der Waals surface area contributed by atoms with Crippen LogP contribution in [0.4, 0.5) is 0 Å². The number of nitrogens with one attached hydrogen (secondary N) is 1. The average molecular weight is 672 g/mol. The summed E-state index contributed by atoms with van der Waals surface area (Å²) in [6.45, 7) is 4.71. The second-order valence-electron chi connectivity index (χ2n) is 13.6. The topological polar surface area (TPSA) is 105 Å². The predicted octanol–water partition coefficient (Wildman–Crippen LogP) is 9.18. The first-order chi connectivity index (χ1) is 22.0. The summed E-state index contributed by atoms with van der Waals surface area (Å²) < 4.78 is 23.4. The van der Waals surface area contributed by atoms with Gasteiger partial charge in [-0.25, -0.2) is 4.57 Å². The minimum Gasteiger partial charge on any atom is -0.387 e. The van der Waals surface area contributed by atoms with Crippen LogP contribution in [-0.4, -0.2) is 73.4 Å². The van der Waals surface area contributed by atoms with Crippen LogP contribution in [-0.2, 0) is 18.4 Å². The lowest BCUT2D eigenvalue weighted by molar-refractivity contribution is -0.870. The van der Waals surface area contributed by atoms with Gasteiger partial charge in [0.2, 0.25) is 5.91 Å². The average Bonchev–Trinajstić information content (AvgIpc) is 2.99. The highest BCUT2D eigenvalue weighted by Gasteiger charge is 2.27. The van der Waals surface area contributed by atoms with E-state index < -0.39 is 20.0 Å². The quantitative estimate of drug-likeness (QED) is 0.0285. The number of allylic oxidation sites excluding steroid dienone is 5. The van der Waals surface area contributed by atoms with Crippen LogP contribution in [0.25, 0.3) is 0 Å². The van der Waals surface area contributed by atoms with Gasteiger partial charge in [-0.05, 0) is 51.4 Å². The number of carbonyl (C=O) groups excluding carboxylic acids is 1. The van der Waals surface area contributed by atoms with E-state index in [-0.39, 0.29) is 19.1 Å². The van der Waals surface area contributed by atoms with Crippen molar-refractivity contribution in [1.82, 2.24) is 5.32 Å². The molecule has 9 heteroatoms. The lowest BCUT2D eigenvalue weighted by atomic mass is 10.1. The van der Waals surface area contributed by atoms with Crippen LogP contribution < -0.4 is 5.32 Å². The molecule has 0 bridgehead atoms. The predicted molar refractivity (Wildman–Crippen MR) is 194 cm³/mol. The van der Waals surface area contributed by atoms with Crippen LogP contribution in [0.5, 0.6) is 0 Å². The highest BCUT2D eigenvalue weighted by atomic mass is 31.2. The normalized spacial score (nSPS) is 15.2. The standard InChI is InChI=1S/C37H71N2O6P/c1-6-8-10-12-14-16-17-18-19-20-21-23-25-27-29-31-37(41)38-35(34-45-46(42,43)44-33-32-39(3,4)5)36(40)30-28-26-24-22-15-13-11-9-7-2/h14,16,18-19,28,30,35-36,40H,6-13,15,17,20-27,29,31-34H2,1-5H3,(H-,38,41,42,43)/p+1/b16-14+,19-18+,30-28+/t35-,36+/m0/s1. The minimum absolute atomic E-state index is 0.0576. The van der Waals surface area contributed by atoms with Crippen molar-refractivity contribution in [2.24, 2.45) is 0 Å². The maximum absolute atomic E-state index is 12.7. The summed E-state index contributed by atoms with van der Waals surface area (Å²) >= 11 is 0. The highest BCUT2D eigenvalue weighted by molar-refractivity contribution is 7.47. The summed E-state index contributed by atoms with van der Waals surface area (Å²) in [4.78, 5) is 22.9. The van der Waals surface area contributed by atoms with Crippen molar-refractivity contribution < 1.29 is 32.9 Å². The minimum atomic E-state index is -4.33. The van der Waals surface area contributed by atoms with Gasteiger partial charge in [-0.3, -0.25) is 13.8 Å². The summed E-state index contributed by atoms with van der Waals surface area (Å²) in [5, 5.41) is 13.7. The van der Waals surface area contributed by atoms with Crippen LogP contribution in [0.2, 0.25) is 0 Å². The Hall–Kier alpha value is -1.28. The molecular formula is C37H72N2O6P+. The molecule has 0 aromatic heterocycles.